The van der Waals surface area contributed by atoms with Crippen molar-refractivity contribution in [2.24, 2.45) is 5.92 Å². The molecular formula is C15H19N3O. The molecule has 0 spiro atoms. The molecule has 100 valence electrons. The number of fused-ring (bicyclic) bond motifs is 1. The van der Waals surface area contributed by atoms with Gasteiger partial charge < -0.3 is 10.0 Å². The maximum Gasteiger partial charge on any atom is 0.159 e. The van der Waals surface area contributed by atoms with Crippen molar-refractivity contribution in [3.05, 3.63) is 30.0 Å². The molecule has 1 unspecified atom stereocenters. The van der Waals surface area contributed by atoms with Crippen molar-refractivity contribution >= 4 is 16.6 Å². The zero-order valence-electron chi connectivity index (χ0n) is 11.2. The number of piperidine rings is 1. The number of aromatic nitrogens is 2. The predicted molar refractivity (Wildman–Crippen MR) is 76.3 cm³/mol. The molecule has 4 nitrogen and oxygen atoms in total. The third-order valence-electron chi connectivity index (χ3n) is 3.93. The molecule has 3 rings (SSSR count). The molecule has 1 saturated heterocycles. The van der Waals surface area contributed by atoms with Gasteiger partial charge in [-0.1, -0.05) is 24.3 Å². The van der Waals surface area contributed by atoms with Gasteiger partial charge >= 0.3 is 0 Å². The van der Waals surface area contributed by atoms with Crippen molar-refractivity contribution in [2.75, 3.05) is 24.6 Å². The number of benzene rings is 1. The van der Waals surface area contributed by atoms with E-state index in [-0.39, 0.29) is 6.61 Å². The van der Waals surface area contributed by atoms with Crippen LogP contribution in [-0.2, 0) is 0 Å². The van der Waals surface area contributed by atoms with Crippen LogP contribution in [0.4, 0.5) is 5.82 Å². The van der Waals surface area contributed by atoms with Gasteiger partial charge in [-0.15, -0.1) is 5.10 Å². The largest absolute Gasteiger partial charge is 0.396 e. The van der Waals surface area contributed by atoms with Crippen molar-refractivity contribution in [2.45, 2.75) is 19.8 Å². The van der Waals surface area contributed by atoms with Gasteiger partial charge in [0.2, 0.25) is 0 Å². The van der Waals surface area contributed by atoms with Crippen LogP contribution >= 0.6 is 0 Å². The highest BCUT2D eigenvalue weighted by Gasteiger charge is 2.22. The molecule has 2 aromatic rings. The first-order chi connectivity index (χ1) is 9.29. The van der Waals surface area contributed by atoms with Gasteiger partial charge in [0.25, 0.3) is 0 Å². The van der Waals surface area contributed by atoms with E-state index in [0.29, 0.717) is 5.92 Å². The van der Waals surface area contributed by atoms with Gasteiger partial charge in [0.05, 0.1) is 5.69 Å². The minimum absolute atomic E-state index is 0.258. The van der Waals surface area contributed by atoms with Crippen molar-refractivity contribution in [1.82, 2.24) is 10.2 Å². The Morgan fingerprint density at radius 1 is 1.26 bits per heavy atom. The Balaban J connectivity index is 2.03. The Morgan fingerprint density at radius 3 is 2.84 bits per heavy atom. The molecule has 1 aliphatic heterocycles. The number of aliphatic hydroxyl groups is 1. The minimum atomic E-state index is 0.258. The molecule has 1 aliphatic rings. The van der Waals surface area contributed by atoms with Crippen molar-refractivity contribution in [3.8, 4) is 0 Å². The molecule has 1 N–H and O–H groups in total. The highest BCUT2D eigenvalue weighted by Crippen LogP contribution is 2.28. The van der Waals surface area contributed by atoms with E-state index in [4.69, 9.17) is 0 Å². The summed E-state index contributed by atoms with van der Waals surface area (Å²) in [5, 5.41) is 20.3. The zero-order valence-corrected chi connectivity index (χ0v) is 11.2. The second-order valence-corrected chi connectivity index (χ2v) is 5.29. The Labute approximate surface area is 113 Å². The first-order valence-electron chi connectivity index (χ1n) is 6.87. The third-order valence-corrected chi connectivity index (χ3v) is 3.93. The Bertz CT molecular complexity index is 585. The average Bonchev–Trinajstić information content (AvgIpc) is 2.48. The maximum absolute atomic E-state index is 9.35. The second-order valence-electron chi connectivity index (χ2n) is 5.29. The molecule has 1 fully saturated rings. The summed E-state index contributed by atoms with van der Waals surface area (Å²) in [5.74, 6) is 1.31. The molecule has 0 bridgehead atoms. The van der Waals surface area contributed by atoms with E-state index in [1.807, 2.05) is 19.1 Å². The molecule has 0 aliphatic carbocycles. The standard InChI is InChI=1S/C15H19N3O/c1-11-13-6-2-3-7-14(13)15(17-16-11)18-8-4-5-12(9-18)10-19/h2-3,6-7,12,19H,4-5,8-10H2,1H3. The number of nitrogens with zero attached hydrogens (tertiary/aromatic N) is 3. The molecule has 0 radical (unpaired) electrons. The van der Waals surface area contributed by atoms with Crippen LogP contribution in [-0.4, -0.2) is 35.0 Å². The lowest BCUT2D eigenvalue weighted by Gasteiger charge is -2.33. The van der Waals surface area contributed by atoms with Crippen LogP contribution in [0.15, 0.2) is 24.3 Å². The smallest absolute Gasteiger partial charge is 0.159 e. The number of rotatable bonds is 2. The van der Waals surface area contributed by atoms with Gasteiger partial charge in [-0.25, -0.2) is 0 Å². The molecule has 0 saturated carbocycles. The summed E-state index contributed by atoms with van der Waals surface area (Å²) in [6, 6.07) is 8.28. The number of anilines is 1. The van der Waals surface area contributed by atoms with E-state index in [2.05, 4.69) is 27.2 Å². The fourth-order valence-electron chi connectivity index (χ4n) is 2.86. The fourth-order valence-corrected chi connectivity index (χ4v) is 2.86. The number of aliphatic hydroxyl groups excluding tert-OH is 1. The normalized spacial score (nSPS) is 19.9. The monoisotopic (exact) mass is 257 g/mol. The van der Waals surface area contributed by atoms with E-state index in [1.165, 1.54) is 5.39 Å². The highest BCUT2D eigenvalue weighted by molar-refractivity contribution is 5.93. The molecule has 1 aromatic carbocycles. The molecule has 0 amide bonds. The van der Waals surface area contributed by atoms with E-state index >= 15 is 0 Å². The van der Waals surface area contributed by atoms with Gasteiger partial charge in [-0.3, -0.25) is 0 Å². The molecule has 1 aromatic heterocycles. The minimum Gasteiger partial charge on any atom is -0.396 e. The van der Waals surface area contributed by atoms with Gasteiger partial charge in [-0.2, -0.15) is 5.10 Å². The summed E-state index contributed by atoms with van der Waals surface area (Å²) in [6.07, 6.45) is 2.21. The summed E-state index contributed by atoms with van der Waals surface area (Å²) in [6.45, 7) is 4.12. The van der Waals surface area contributed by atoms with Gasteiger partial charge in [0, 0.05) is 30.5 Å². The van der Waals surface area contributed by atoms with Crippen LogP contribution in [0.3, 0.4) is 0 Å². The summed E-state index contributed by atoms with van der Waals surface area (Å²) in [4.78, 5) is 2.26. The molecule has 1 atom stereocenters. The van der Waals surface area contributed by atoms with Crippen LogP contribution in [0.25, 0.3) is 10.8 Å². The van der Waals surface area contributed by atoms with E-state index < -0.39 is 0 Å². The van der Waals surface area contributed by atoms with Crippen LogP contribution in [0, 0.1) is 12.8 Å². The second kappa shape index (κ2) is 5.13. The zero-order chi connectivity index (χ0) is 13.2. The summed E-state index contributed by atoms with van der Waals surface area (Å²) >= 11 is 0. The molecule has 2 heterocycles. The van der Waals surface area contributed by atoms with Gasteiger partial charge in [-0.05, 0) is 25.7 Å². The van der Waals surface area contributed by atoms with Gasteiger partial charge in [0.1, 0.15) is 0 Å². The number of aryl methyl sites for hydroxylation is 1. The van der Waals surface area contributed by atoms with E-state index in [1.54, 1.807) is 0 Å². The van der Waals surface area contributed by atoms with E-state index in [0.717, 1.165) is 42.8 Å². The highest BCUT2D eigenvalue weighted by atomic mass is 16.3. The quantitative estimate of drug-likeness (QED) is 0.895. The van der Waals surface area contributed by atoms with E-state index in [9.17, 15) is 5.11 Å². The van der Waals surface area contributed by atoms with Crippen LogP contribution in [0.1, 0.15) is 18.5 Å². The summed E-state index contributed by atoms with van der Waals surface area (Å²) < 4.78 is 0. The maximum atomic E-state index is 9.35. The molecule has 19 heavy (non-hydrogen) atoms. The van der Waals surface area contributed by atoms with Crippen molar-refractivity contribution in [3.63, 3.8) is 0 Å². The Morgan fingerprint density at radius 2 is 2.05 bits per heavy atom. The summed E-state index contributed by atoms with van der Waals surface area (Å²) in [7, 11) is 0. The van der Waals surface area contributed by atoms with Crippen molar-refractivity contribution < 1.29 is 5.11 Å². The fraction of sp³-hybridized carbons (Fsp3) is 0.467. The lowest BCUT2D eigenvalue weighted by atomic mass is 9.98. The Kier molecular flexibility index (Phi) is 3.34. The van der Waals surface area contributed by atoms with Crippen LogP contribution in [0.5, 0.6) is 0 Å². The van der Waals surface area contributed by atoms with Gasteiger partial charge in [0.15, 0.2) is 5.82 Å². The first kappa shape index (κ1) is 12.4. The SMILES string of the molecule is Cc1nnc(N2CCCC(CO)C2)c2ccccc12. The molecule has 4 heteroatoms. The number of hydrogen-bond donors (Lipinski definition) is 1. The van der Waals surface area contributed by atoms with Crippen molar-refractivity contribution in [1.29, 1.82) is 0 Å². The Hall–Kier alpha value is -1.68. The van der Waals surface area contributed by atoms with Crippen LogP contribution < -0.4 is 4.90 Å². The summed E-state index contributed by atoms with van der Waals surface area (Å²) in [5.41, 5.74) is 0.968. The molecular weight excluding hydrogens is 238 g/mol. The third kappa shape index (κ3) is 2.28. The topological polar surface area (TPSA) is 49.2 Å². The lowest BCUT2D eigenvalue weighted by molar-refractivity contribution is 0.208. The lowest BCUT2D eigenvalue weighted by Crippen LogP contribution is -2.37. The average molecular weight is 257 g/mol. The predicted octanol–water partition coefficient (Wildman–Crippen LogP) is 2.15. The number of hydrogen-bond acceptors (Lipinski definition) is 4. The first-order valence-corrected chi connectivity index (χ1v) is 6.87. The van der Waals surface area contributed by atoms with Crippen LogP contribution in [0.2, 0.25) is 0 Å².